The highest BCUT2D eigenvalue weighted by atomic mass is 16.5. The van der Waals surface area contributed by atoms with Crippen LogP contribution in [0.15, 0.2) is 77.9 Å². The van der Waals surface area contributed by atoms with Crippen molar-refractivity contribution in [1.29, 1.82) is 5.26 Å². The van der Waals surface area contributed by atoms with Gasteiger partial charge in [-0.1, -0.05) is 29.8 Å². The van der Waals surface area contributed by atoms with E-state index in [1.54, 1.807) is 30.5 Å². The number of nitriles is 1. The van der Waals surface area contributed by atoms with Crippen molar-refractivity contribution < 1.29 is 9.53 Å². The summed E-state index contributed by atoms with van der Waals surface area (Å²) in [6.07, 6.45) is 1.56. The molecule has 3 rings (SSSR count). The number of nitrogens with one attached hydrogen (secondary N) is 1. The van der Waals surface area contributed by atoms with E-state index >= 15 is 0 Å². The molecular weight excluding hydrogens is 350 g/mol. The number of nitrogens with zero attached hydrogens (tertiary/aromatic N) is 2. The van der Waals surface area contributed by atoms with E-state index in [9.17, 15) is 4.79 Å². The summed E-state index contributed by atoms with van der Waals surface area (Å²) in [5.41, 5.74) is 6.57. The Labute approximate surface area is 163 Å². The van der Waals surface area contributed by atoms with Crippen LogP contribution in [-0.2, 0) is 6.61 Å². The van der Waals surface area contributed by atoms with Crippen LogP contribution in [0.25, 0.3) is 0 Å². The maximum Gasteiger partial charge on any atom is 0.271 e. The second-order valence-corrected chi connectivity index (χ2v) is 6.24. The van der Waals surface area contributed by atoms with Gasteiger partial charge in [-0.3, -0.25) is 4.79 Å². The van der Waals surface area contributed by atoms with Gasteiger partial charge >= 0.3 is 0 Å². The second kappa shape index (κ2) is 9.15. The predicted octanol–water partition coefficient (Wildman–Crippen LogP) is 4.21. The van der Waals surface area contributed by atoms with Gasteiger partial charge in [0, 0.05) is 5.56 Å². The van der Waals surface area contributed by atoms with E-state index < -0.39 is 0 Å². The molecule has 0 aliphatic heterocycles. The van der Waals surface area contributed by atoms with Crippen LogP contribution >= 0.6 is 0 Å². The normalized spacial score (nSPS) is 10.4. The lowest BCUT2D eigenvalue weighted by Gasteiger charge is -2.07. The monoisotopic (exact) mass is 369 g/mol. The molecule has 5 heteroatoms. The quantitative estimate of drug-likeness (QED) is 0.522. The summed E-state index contributed by atoms with van der Waals surface area (Å²) in [5.74, 6) is 0.430. The number of carbonyl (C=O) groups is 1. The van der Waals surface area contributed by atoms with Gasteiger partial charge in [-0.25, -0.2) is 5.43 Å². The standard InChI is InChI=1S/C23H19N3O2/c1-17-3-2-4-20(13-17)16-28-22-11-7-19(8-12-22)15-25-26-23(27)21-9-5-18(14-24)6-10-21/h2-13,15H,16H2,1H3,(H,26,27)/b25-15-. The summed E-state index contributed by atoms with van der Waals surface area (Å²) >= 11 is 0. The summed E-state index contributed by atoms with van der Waals surface area (Å²) in [4.78, 5) is 12.0. The van der Waals surface area contributed by atoms with Crippen molar-refractivity contribution in [3.05, 3.63) is 101 Å². The molecule has 1 amide bonds. The first-order valence-electron chi connectivity index (χ1n) is 8.76. The van der Waals surface area contributed by atoms with Gasteiger partial charge in [0.05, 0.1) is 17.8 Å². The van der Waals surface area contributed by atoms with E-state index in [-0.39, 0.29) is 5.91 Å². The van der Waals surface area contributed by atoms with Gasteiger partial charge in [0.1, 0.15) is 12.4 Å². The lowest BCUT2D eigenvalue weighted by molar-refractivity contribution is 0.0955. The number of benzene rings is 3. The average molecular weight is 369 g/mol. The molecule has 0 aliphatic carbocycles. The number of ether oxygens (including phenoxy) is 1. The van der Waals surface area contributed by atoms with E-state index in [2.05, 4.69) is 29.6 Å². The van der Waals surface area contributed by atoms with Crippen LogP contribution < -0.4 is 10.2 Å². The molecule has 0 fully saturated rings. The van der Waals surface area contributed by atoms with Crippen LogP contribution in [0.4, 0.5) is 0 Å². The van der Waals surface area contributed by atoms with Crippen molar-refractivity contribution in [1.82, 2.24) is 5.43 Å². The first kappa shape index (κ1) is 18.9. The molecule has 0 saturated carbocycles. The summed E-state index contributed by atoms with van der Waals surface area (Å²) in [6.45, 7) is 2.56. The third-order valence-electron chi connectivity index (χ3n) is 4.02. The highest BCUT2D eigenvalue weighted by molar-refractivity contribution is 5.94. The van der Waals surface area contributed by atoms with Crippen LogP contribution in [0.2, 0.25) is 0 Å². The maximum absolute atomic E-state index is 12.0. The van der Waals surface area contributed by atoms with Gasteiger partial charge in [-0.05, 0) is 66.6 Å². The fourth-order valence-electron chi connectivity index (χ4n) is 2.54. The van der Waals surface area contributed by atoms with E-state index in [1.165, 1.54) is 5.56 Å². The van der Waals surface area contributed by atoms with Crippen molar-refractivity contribution in [3.8, 4) is 11.8 Å². The lowest BCUT2D eigenvalue weighted by Crippen LogP contribution is -2.17. The van der Waals surface area contributed by atoms with Crippen molar-refractivity contribution in [3.63, 3.8) is 0 Å². The molecule has 28 heavy (non-hydrogen) atoms. The Balaban J connectivity index is 1.51. The Morgan fingerprint density at radius 1 is 1.11 bits per heavy atom. The van der Waals surface area contributed by atoms with Gasteiger partial charge in [-0.2, -0.15) is 10.4 Å². The third kappa shape index (κ3) is 5.29. The van der Waals surface area contributed by atoms with Gasteiger partial charge in [0.15, 0.2) is 0 Å². The minimum Gasteiger partial charge on any atom is -0.489 e. The Morgan fingerprint density at radius 2 is 1.86 bits per heavy atom. The van der Waals surface area contributed by atoms with Crippen LogP contribution in [0.1, 0.15) is 32.6 Å². The summed E-state index contributed by atoms with van der Waals surface area (Å²) in [7, 11) is 0. The minimum atomic E-state index is -0.334. The Kier molecular flexibility index (Phi) is 6.17. The zero-order valence-corrected chi connectivity index (χ0v) is 15.4. The molecule has 0 radical (unpaired) electrons. The lowest BCUT2D eigenvalue weighted by atomic mass is 10.1. The molecule has 1 N–H and O–H groups in total. The molecule has 0 unspecified atom stereocenters. The fraction of sp³-hybridized carbons (Fsp3) is 0.0870. The zero-order valence-electron chi connectivity index (χ0n) is 15.4. The Hall–Kier alpha value is -3.91. The topological polar surface area (TPSA) is 74.5 Å². The highest BCUT2D eigenvalue weighted by Crippen LogP contribution is 2.14. The Morgan fingerprint density at radius 3 is 2.54 bits per heavy atom. The number of carbonyl (C=O) groups excluding carboxylic acids is 1. The number of hydrogen-bond acceptors (Lipinski definition) is 4. The predicted molar refractivity (Wildman–Crippen MR) is 108 cm³/mol. The largest absolute Gasteiger partial charge is 0.489 e. The summed E-state index contributed by atoms with van der Waals surface area (Å²) in [5, 5.41) is 12.7. The van der Waals surface area contributed by atoms with Crippen molar-refractivity contribution >= 4 is 12.1 Å². The summed E-state index contributed by atoms with van der Waals surface area (Å²) < 4.78 is 5.78. The van der Waals surface area contributed by atoms with Crippen LogP contribution in [0.5, 0.6) is 5.75 Å². The molecule has 5 nitrogen and oxygen atoms in total. The molecule has 3 aromatic rings. The zero-order chi connectivity index (χ0) is 19.8. The molecule has 0 spiro atoms. The van der Waals surface area contributed by atoms with Crippen molar-refractivity contribution in [2.75, 3.05) is 0 Å². The average Bonchev–Trinajstić information content (AvgIpc) is 2.73. The van der Waals surface area contributed by atoms with E-state index in [0.29, 0.717) is 17.7 Å². The number of rotatable bonds is 6. The first-order valence-corrected chi connectivity index (χ1v) is 8.76. The number of amides is 1. The molecule has 0 bridgehead atoms. The second-order valence-electron chi connectivity index (χ2n) is 6.24. The maximum atomic E-state index is 12.0. The van der Waals surface area contributed by atoms with E-state index in [4.69, 9.17) is 10.00 Å². The molecule has 0 heterocycles. The van der Waals surface area contributed by atoms with Gasteiger partial charge in [0.25, 0.3) is 5.91 Å². The van der Waals surface area contributed by atoms with Crippen molar-refractivity contribution in [2.45, 2.75) is 13.5 Å². The minimum absolute atomic E-state index is 0.334. The molecule has 3 aromatic carbocycles. The smallest absolute Gasteiger partial charge is 0.271 e. The Bertz CT molecular complexity index is 1020. The molecule has 138 valence electrons. The van der Waals surface area contributed by atoms with Crippen molar-refractivity contribution in [2.24, 2.45) is 5.10 Å². The van der Waals surface area contributed by atoms with Gasteiger partial charge < -0.3 is 4.74 Å². The van der Waals surface area contributed by atoms with Gasteiger partial charge in [0.2, 0.25) is 0 Å². The first-order chi connectivity index (χ1) is 13.6. The van der Waals surface area contributed by atoms with Gasteiger partial charge in [-0.15, -0.1) is 0 Å². The number of hydrazone groups is 1. The molecule has 0 aromatic heterocycles. The number of hydrogen-bond donors (Lipinski definition) is 1. The fourth-order valence-corrected chi connectivity index (χ4v) is 2.54. The molecule has 0 saturated heterocycles. The van der Waals surface area contributed by atoms with Crippen LogP contribution in [0, 0.1) is 18.3 Å². The molecule has 0 aliphatic rings. The van der Waals surface area contributed by atoms with Crippen LogP contribution in [-0.4, -0.2) is 12.1 Å². The summed E-state index contributed by atoms with van der Waals surface area (Å²) in [6, 6.07) is 24.0. The third-order valence-corrected chi connectivity index (χ3v) is 4.02. The van der Waals surface area contributed by atoms with E-state index in [0.717, 1.165) is 16.9 Å². The van der Waals surface area contributed by atoms with Crippen LogP contribution in [0.3, 0.4) is 0 Å². The number of aryl methyl sites for hydroxylation is 1. The molecule has 0 atom stereocenters. The highest BCUT2D eigenvalue weighted by Gasteiger charge is 2.03. The van der Waals surface area contributed by atoms with E-state index in [1.807, 2.05) is 42.5 Å². The molecular formula is C23H19N3O2. The SMILES string of the molecule is Cc1cccc(COc2ccc(/C=N\NC(=O)c3ccc(C#N)cc3)cc2)c1.